The molecule has 0 radical (unpaired) electrons. The van der Waals surface area contributed by atoms with E-state index < -0.39 is 17.1 Å². The summed E-state index contributed by atoms with van der Waals surface area (Å²) in [7, 11) is -8.01. The van der Waals surface area contributed by atoms with Gasteiger partial charge in [-0.3, -0.25) is 0 Å². The minimum atomic E-state index is -4.70. The molecule has 0 aliphatic carbocycles. The van der Waals surface area contributed by atoms with Crippen LogP contribution in [0.3, 0.4) is 0 Å². The summed E-state index contributed by atoms with van der Waals surface area (Å²) >= 11 is 0. The summed E-state index contributed by atoms with van der Waals surface area (Å²) in [5, 5.41) is 2.87. The largest absolute Gasteiger partial charge is 1.00 e. The van der Waals surface area contributed by atoms with Crippen LogP contribution < -0.4 is 68.1 Å². The number of rotatable bonds is 6. The van der Waals surface area contributed by atoms with Gasteiger partial charge in [-0.1, -0.05) is 127 Å². The van der Waals surface area contributed by atoms with E-state index in [9.17, 15) is 9.59 Å². The van der Waals surface area contributed by atoms with Crippen molar-refractivity contribution in [1.29, 1.82) is 0 Å². The van der Waals surface area contributed by atoms with Gasteiger partial charge in [0.15, 0.2) is 0 Å². The molecule has 0 aliphatic heterocycles. The van der Waals surface area contributed by atoms with Crippen LogP contribution in [0.5, 0.6) is 0 Å². The molecular weight excluding hydrogens is 406 g/mol. The molecule has 0 atom stereocenters. The number of benzene rings is 4. The summed E-state index contributed by atoms with van der Waals surface area (Å²) < 4.78 is 6.34. The Labute approximate surface area is 209 Å². The molecular formula is C24H20Li2O3Si2. The van der Waals surface area contributed by atoms with Crippen LogP contribution in [0, 0.1) is 0 Å². The first kappa shape index (κ1) is 25.6. The molecule has 0 saturated carbocycles. The van der Waals surface area contributed by atoms with E-state index in [-0.39, 0.29) is 42.9 Å². The Kier molecular flexibility index (Phi) is 9.36. The minimum absolute atomic E-state index is 0. The van der Waals surface area contributed by atoms with Gasteiger partial charge in [-0.05, 0) is 15.6 Å². The topological polar surface area (TPSA) is 55.3 Å². The molecule has 7 heteroatoms. The zero-order valence-electron chi connectivity index (χ0n) is 17.8. The maximum Gasteiger partial charge on any atom is 1.00 e. The molecule has 144 valence electrons. The molecule has 0 amide bonds. The zero-order chi connectivity index (χ0) is 20.2. The average Bonchev–Trinajstić information content (AvgIpc) is 2.80. The van der Waals surface area contributed by atoms with Crippen LogP contribution in [-0.2, 0) is 4.12 Å². The van der Waals surface area contributed by atoms with Gasteiger partial charge in [-0.15, -0.1) is 0 Å². The third-order valence-corrected chi connectivity index (χ3v) is 11.7. The Morgan fingerprint density at radius 1 is 0.419 bits per heavy atom. The summed E-state index contributed by atoms with van der Waals surface area (Å²) in [4.78, 5) is 26.9. The quantitative estimate of drug-likeness (QED) is 0.228. The van der Waals surface area contributed by atoms with Gasteiger partial charge in [-0.2, -0.15) is 0 Å². The third kappa shape index (κ3) is 5.42. The fraction of sp³-hybridized carbons (Fsp3) is 0. The predicted octanol–water partition coefficient (Wildman–Crippen LogP) is -5.76. The molecule has 0 aliphatic rings. The molecule has 0 heterocycles. The first-order valence-electron chi connectivity index (χ1n) is 9.46. The minimum Gasteiger partial charge on any atom is -0.847 e. The molecule has 4 aromatic rings. The summed E-state index contributed by atoms with van der Waals surface area (Å²) in [6, 6.07) is 37.5. The van der Waals surface area contributed by atoms with Gasteiger partial charge in [0.2, 0.25) is 0 Å². The van der Waals surface area contributed by atoms with Crippen molar-refractivity contribution in [2.75, 3.05) is 0 Å². The zero-order valence-corrected chi connectivity index (χ0v) is 19.8. The predicted molar refractivity (Wildman–Crippen MR) is 117 cm³/mol. The van der Waals surface area contributed by atoms with E-state index in [1.54, 1.807) is 30.3 Å². The first-order chi connectivity index (χ1) is 14.1. The summed E-state index contributed by atoms with van der Waals surface area (Å²) in [5.41, 5.74) is 0. The molecule has 0 spiro atoms. The molecule has 31 heavy (non-hydrogen) atoms. The van der Waals surface area contributed by atoms with Gasteiger partial charge >= 0.3 is 37.7 Å². The molecule has 0 saturated heterocycles. The number of hydrogen-bond donors (Lipinski definition) is 0. The maximum atomic E-state index is 13.4. The summed E-state index contributed by atoms with van der Waals surface area (Å²) in [5.74, 6) is 0. The Balaban J connectivity index is 0.00000171. The molecule has 0 fully saturated rings. The molecule has 0 unspecified atom stereocenters. The second-order valence-electron chi connectivity index (χ2n) is 6.80. The van der Waals surface area contributed by atoms with Crippen LogP contribution in [0.2, 0.25) is 0 Å². The third-order valence-electron chi connectivity index (χ3n) is 4.96. The van der Waals surface area contributed by atoms with Gasteiger partial charge < -0.3 is 13.7 Å². The monoisotopic (exact) mass is 426 g/mol. The first-order valence-corrected chi connectivity index (χ1v) is 13.1. The van der Waals surface area contributed by atoms with Crippen molar-refractivity contribution in [2.45, 2.75) is 0 Å². The second-order valence-corrected chi connectivity index (χ2v) is 12.4. The van der Waals surface area contributed by atoms with Crippen LogP contribution in [-0.4, -0.2) is 17.1 Å². The van der Waals surface area contributed by atoms with E-state index in [0.29, 0.717) is 0 Å². The van der Waals surface area contributed by atoms with Gasteiger partial charge in [-0.25, -0.2) is 0 Å². The summed E-state index contributed by atoms with van der Waals surface area (Å²) in [6.45, 7) is 0. The van der Waals surface area contributed by atoms with Crippen molar-refractivity contribution in [2.24, 2.45) is 0 Å². The van der Waals surface area contributed by atoms with E-state index in [1.807, 2.05) is 91.0 Å². The SMILES string of the molecule is [Li+].[Li+].[O-][Si]([O-])(O[Si](c1ccccc1)(c1ccccc1)c1ccccc1)c1ccccc1. The Morgan fingerprint density at radius 3 is 0.968 bits per heavy atom. The maximum absolute atomic E-state index is 13.4. The van der Waals surface area contributed by atoms with E-state index in [0.717, 1.165) is 15.6 Å². The van der Waals surface area contributed by atoms with Crippen molar-refractivity contribution in [1.82, 2.24) is 0 Å². The molecule has 3 nitrogen and oxygen atoms in total. The van der Waals surface area contributed by atoms with Gasteiger partial charge in [0, 0.05) is 8.80 Å². The van der Waals surface area contributed by atoms with Crippen LogP contribution in [0.1, 0.15) is 0 Å². The fourth-order valence-electron chi connectivity index (χ4n) is 3.60. The second kappa shape index (κ2) is 11.3. The van der Waals surface area contributed by atoms with E-state index in [4.69, 9.17) is 4.12 Å². The standard InChI is InChI=1S/C24H20O3Si2.2Li/c25-29(26,24-19-11-4-12-20-24)27-28(21-13-5-1-6-14-21,22-15-7-2-8-16-22)23-17-9-3-10-18-23;;/h1-20H;;/q-2;2*+1. The van der Waals surface area contributed by atoms with Crippen molar-refractivity contribution >= 4 is 37.9 Å². The van der Waals surface area contributed by atoms with Crippen molar-refractivity contribution in [3.05, 3.63) is 121 Å². The van der Waals surface area contributed by atoms with Crippen LogP contribution in [0.4, 0.5) is 0 Å². The van der Waals surface area contributed by atoms with Gasteiger partial charge in [0.25, 0.3) is 8.32 Å². The van der Waals surface area contributed by atoms with Crippen molar-refractivity contribution in [3.63, 3.8) is 0 Å². The van der Waals surface area contributed by atoms with E-state index >= 15 is 0 Å². The van der Waals surface area contributed by atoms with Crippen LogP contribution >= 0.6 is 0 Å². The Bertz CT molecular complexity index is 955. The van der Waals surface area contributed by atoms with Gasteiger partial charge in [0.1, 0.15) is 0 Å². The number of hydrogen-bond acceptors (Lipinski definition) is 3. The fourth-order valence-corrected chi connectivity index (χ4v) is 10.7. The Morgan fingerprint density at radius 2 is 0.677 bits per heavy atom. The smallest absolute Gasteiger partial charge is 0.847 e. The van der Waals surface area contributed by atoms with Crippen LogP contribution in [0.15, 0.2) is 121 Å². The molecule has 4 rings (SSSR count). The van der Waals surface area contributed by atoms with E-state index in [2.05, 4.69) is 0 Å². The average molecular weight is 426 g/mol. The molecule has 4 aromatic carbocycles. The van der Waals surface area contributed by atoms with E-state index in [1.165, 1.54) is 0 Å². The van der Waals surface area contributed by atoms with Crippen molar-refractivity contribution < 1.29 is 51.4 Å². The molecule has 0 aromatic heterocycles. The normalized spacial score (nSPS) is 11.2. The van der Waals surface area contributed by atoms with Crippen LogP contribution in [0.25, 0.3) is 0 Å². The van der Waals surface area contributed by atoms with Crippen molar-refractivity contribution in [3.8, 4) is 0 Å². The molecule has 0 N–H and O–H groups in total. The molecule has 0 bridgehead atoms. The Hall–Kier alpha value is -1.61. The summed E-state index contributed by atoms with van der Waals surface area (Å²) in [6.07, 6.45) is 0. The van der Waals surface area contributed by atoms with Gasteiger partial charge in [0.05, 0.1) is 0 Å².